The monoisotopic (exact) mass is 474 g/mol. The molecule has 1 atom stereocenters. The van der Waals surface area contributed by atoms with Gasteiger partial charge in [0.15, 0.2) is 0 Å². The molecule has 6 nitrogen and oxygen atoms in total. The molecule has 34 heavy (non-hydrogen) atoms. The van der Waals surface area contributed by atoms with Gasteiger partial charge in [-0.15, -0.1) is 11.3 Å². The summed E-state index contributed by atoms with van der Waals surface area (Å²) in [5.74, 6) is -0.281. The van der Waals surface area contributed by atoms with E-state index >= 15 is 0 Å². The fourth-order valence-electron chi connectivity index (χ4n) is 4.89. The fraction of sp³-hybridized carbons (Fsp3) is 0.370. The summed E-state index contributed by atoms with van der Waals surface area (Å²) >= 11 is 1.59. The number of allylic oxidation sites excluding steroid dienone is 1. The molecule has 0 fully saturated rings. The van der Waals surface area contributed by atoms with Gasteiger partial charge in [-0.3, -0.25) is 14.3 Å². The van der Waals surface area contributed by atoms with Crippen LogP contribution in [0.4, 0.5) is 0 Å². The number of thiophene rings is 1. The van der Waals surface area contributed by atoms with Gasteiger partial charge < -0.3 is 10.2 Å². The van der Waals surface area contributed by atoms with Gasteiger partial charge in [-0.1, -0.05) is 48.0 Å². The van der Waals surface area contributed by atoms with E-state index < -0.39 is 5.54 Å². The van der Waals surface area contributed by atoms with Crippen LogP contribution in [0.5, 0.6) is 0 Å². The van der Waals surface area contributed by atoms with Gasteiger partial charge >= 0.3 is 0 Å². The Hall–Kier alpha value is -3.19. The van der Waals surface area contributed by atoms with Crippen LogP contribution in [0.15, 0.2) is 65.6 Å². The van der Waals surface area contributed by atoms with Gasteiger partial charge in [-0.2, -0.15) is 5.10 Å². The molecule has 1 aliphatic carbocycles. The first-order valence-electron chi connectivity index (χ1n) is 12.0. The molecule has 5 rings (SSSR count). The molecule has 0 bridgehead atoms. The smallest absolute Gasteiger partial charge is 0.273 e. The molecule has 3 heterocycles. The summed E-state index contributed by atoms with van der Waals surface area (Å²) in [5.41, 5.74) is 2.73. The van der Waals surface area contributed by atoms with Crippen molar-refractivity contribution in [2.45, 2.75) is 57.7 Å². The molecule has 1 N–H and O–H groups in total. The summed E-state index contributed by atoms with van der Waals surface area (Å²) in [6.07, 6.45) is 7.74. The number of fused-ring (bicyclic) bond motifs is 1. The average molecular weight is 475 g/mol. The highest BCUT2D eigenvalue weighted by molar-refractivity contribution is 7.13. The second-order valence-electron chi connectivity index (χ2n) is 9.31. The topological polar surface area (TPSA) is 67.2 Å². The molecule has 7 heteroatoms. The minimum absolute atomic E-state index is 0.129. The first-order chi connectivity index (χ1) is 16.5. The lowest BCUT2D eigenvalue weighted by Gasteiger charge is -2.43. The van der Waals surface area contributed by atoms with Gasteiger partial charge in [0, 0.05) is 13.1 Å². The van der Waals surface area contributed by atoms with Crippen molar-refractivity contribution in [1.82, 2.24) is 20.0 Å². The Kier molecular flexibility index (Phi) is 6.37. The van der Waals surface area contributed by atoms with Gasteiger partial charge in [0.2, 0.25) is 5.91 Å². The van der Waals surface area contributed by atoms with Crippen molar-refractivity contribution in [2.24, 2.45) is 0 Å². The molecule has 1 aliphatic heterocycles. The van der Waals surface area contributed by atoms with Crippen LogP contribution in [0.1, 0.15) is 55.1 Å². The van der Waals surface area contributed by atoms with Crippen LogP contribution in [-0.2, 0) is 17.9 Å². The number of nitrogens with one attached hydrogen (secondary N) is 1. The van der Waals surface area contributed by atoms with Crippen molar-refractivity contribution in [3.63, 3.8) is 0 Å². The Morgan fingerprint density at radius 2 is 2.03 bits per heavy atom. The van der Waals surface area contributed by atoms with E-state index in [4.69, 9.17) is 5.10 Å². The largest absolute Gasteiger partial charge is 0.350 e. The van der Waals surface area contributed by atoms with Crippen molar-refractivity contribution in [3.05, 3.63) is 76.8 Å². The van der Waals surface area contributed by atoms with Crippen LogP contribution in [-0.4, -0.2) is 38.6 Å². The number of carbonyl (C=O) groups excluding carboxylic acids is 2. The highest BCUT2D eigenvalue weighted by Crippen LogP contribution is 2.32. The maximum Gasteiger partial charge on any atom is 0.273 e. The molecular formula is C27H30N4O2S. The third-order valence-corrected chi connectivity index (χ3v) is 7.79. The molecule has 176 valence electrons. The second kappa shape index (κ2) is 9.58. The van der Waals surface area contributed by atoms with Crippen molar-refractivity contribution in [3.8, 4) is 10.6 Å². The maximum absolute atomic E-state index is 13.7. The molecule has 0 radical (unpaired) electrons. The summed E-state index contributed by atoms with van der Waals surface area (Å²) in [4.78, 5) is 30.1. The highest BCUT2D eigenvalue weighted by Gasteiger charge is 2.47. The number of rotatable bonds is 7. The summed E-state index contributed by atoms with van der Waals surface area (Å²) in [6, 6.07) is 15.7. The highest BCUT2D eigenvalue weighted by atomic mass is 32.1. The van der Waals surface area contributed by atoms with Gasteiger partial charge in [-0.05, 0) is 62.1 Å². The van der Waals surface area contributed by atoms with E-state index in [1.54, 1.807) is 20.9 Å². The zero-order valence-electron chi connectivity index (χ0n) is 19.5. The average Bonchev–Trinajstić information content (AvgIpc) is 3.54. The lowest BCUT2D eigenvalue weighted by molar-refractivity contribution is -0.133. The number of carbonyl (C=O) groups is 2. The molecule has 0 saturated carbocycles. The van der Waals surface area contributed by atoms with E-state index in [1.165, 1.54) is 18.4 Å². The zero-order chi connectivity index (χ0) is 23.5. The molecule has 1 aromatic carbocycles. The molecule has 0 saturated heterocycles. The molecule has 0 unspecified atom stereocenters. The summed E-state index contributed by atoms with van der Waals surface area (Å²) in [7, 11) is 0. The molecule has 0 spiro atoms. The predicted octanol–water partition coefficient (Wildman–Crippen LogP) is 5.03. The Balaban J connectivity index is 1.43. The Morgan fingerprint density at radius 1 is 1.18 bits per heavy atom. The first kappa shape index (κ1) is 22.6. The number of benzene rings is 1. The fourth-order valence-corrected chi connectivity index (χ4v) is 5.57. The van der Waals surface area contributed by atoms with Crippen LogP contribution < -0.4 is 5.32 Å². The number of hydrogen-bond donors (Lipinski definition) is 1. The van der Waals surface area contributed by atoms with E-state index in [-0.39, 0.29) is 11.8 Å². The van der Waals surface area contributed by atoms with Gasteiger partial charge in [0.25, 0.3) is 5.91 Å². The summed E-state index contributed by atoms with van der Waals surface area (Å²) < 4.78 is 1.72. The number of nitrogens with zero attached hydrogens (tertiary/aromatic N) is 3. The van der Waals surface area contributed by atoms with E-state index in [2.05, 4.69) is 11.4 Å². The van der Waals surface area contributed by atoms with Crippen LogP contribution in [0.2, 0.25) is 0 Å². The molecule has 2 amide bonds. The molecule has 2 aliphatic rings. The van der Waals surface area contributed by atoms with Crippen molar-refractivity contribution >= 4 is 23.2 Å². The molecule has 3 aromatic rings. The van der Waals surface area contributed by atoms with Crippen molar-refractivity contribution in [1.29, 1.82) is 0 Å². The van der Waals surface area contributed by atoms with E-state index in [9.17, 15) is 9.59 Å². The maximum atomic E-state index is 13.7. The Morgan fingerprint density at radius 3 is 2.76 bits per heavy atom. The standard InChI is InChI=1S/C27H30N4O2S/c1-27(26(33)28-18-21-11-6-3-7-12-21)19-31-23(17-22(29-31)24-13-8-16-34-24)25(32)30(27)15-14-20-9-4-2-5-10-20/h3,6-9,11-13,16-17H,2,4-5,10,14-15,18-19H2,1H3,(H,28,33)/t27-/m1/s1. The van der Waals surface area contributed by atoms with Gasteiger partial charge in [-0.25, -0.2) is 0 Å². The van der Waals surface area contributed by atoms with E-state index in [1.807, 2.05) is 60.8 Å². The van der Waals surface area contributed by atoms with Crippen LogP contribution in [0, 0.1) is 0 Å². The van der Waals surface area contributed by atoms with Crippen molar-refractivity contribution in [2.75, 3.05) is 6.54 Å². The predicted molar refractivity (Wildman–Crippen MR) is 134 cm³/mol. The summed E-state index contributed by atoms with van der Waals surface area (Å²) in [6.45, 7) is 3.16. The molecule has 2 aromatic heterocycles. The second-order valence-corrected chi connectivity index (χ2v) is 10.3. The summed E-state index contributed by atoms with van der Waals surface area (Å²) in [5, 5.41) is 9.79. The zero-order valence-corrected chi connectivity index (χ0v) is 20.3. The minimum Gasteiger partial charge on any atom is -0.350 e. The quantitative estimate of drug-likeness (QED) is 0.488. The molecular weight excluding hydrogens is 444 g/mol. The normalized spacial score (nSPS) is 20.1. The SMILES string of the molecule is C[C@]1(C(=O)NCc2ccccc2)Cn2nc(-c3cccs3)cc2C(=O)N1CCC1=CCCCC1. The third-order valence-electron chi connectivity index (χ3n) is 6.90. The van der Waals surface area contributed by atoms with E-state index in [0.29, 0.717) is 25.3 Å². The van der Waals surface area contributed by atoms with Gasteiger partial charge in [0.05, 0.1) is 11.4 Å². The lowest BCUT2D eigenvalue weighted by Crippen LogP contribution is -2.64. The third kappa shape index (κ3) is 4.44. The van der Waals surface area contributed by atoms with Crippen LogP contribution >= 0.6 is 11.3 Å². The number of amides is 2. The van der Waals surface area contributed by atoms with Crippen LogP contribution in [0.3, 0.4) is 0 Å². The van der Waals surface area contributed by atoms with Gasteiger partial charge in [0.1, 0.15) is 16.9 Å². The first-order valence-corrected chi connectivity index (χ1v) is 12.9. The van der Waals surface area contributed by atoms with Crippen molar-refractivity contribution < 1.29 is 9.59 Å². The van der Waals surface area contributed by atoms with E-state index in [0.717, 1.165) is 35.4 Å². The lowest BCUT2D eigenvalue weighted by atomic mass is 9.92. The number of hydrogen-bond acceptors (Lipinski definition) is 4. The van der Waals surface area contributed by atoms with Crippen LogP contribution in [0.25, 0.3) is 10.6 Å². The Bertz CT molecular complexity index is 1200. The minimum atomic E-state index is -1.02. The Labute approximate surface area is 204 Å². The number of aromatic nitrogens is 2.